The predicted molar refractivity (Wildman–Crippen MR) is 78.2 cm³/mol. The number of anilines is 1. The first-order valence-corrected chi connectivity index (χ1v) is 6.14. The average molecular weight is 247 g/mol. The third kappa shape index (κ3) is 2.08. The summed E-state index contributed by atoms with van der Waals surface area (Å²) in [5.41, 5.74) is 7.69. The van der Waals surface area contributed by atoms with Gasteiger partial charge in [-0.2, -0.15) is 0 Å². The van der Waals surface area contributed by atoms with Crippen molar-refractivity contribution in [2.24, 2.45) is 0 Å². The van der Waals surface area contributed by atoms with Crippen LogP contribution in [0.2, 0.25) is 0 Å². The fourth-order valence-corrected chi connectivity index (χ4v) is 2.21. The number of fused-ring (bicyclic) bond motifs is 1. The summed E-state index contributed by atoms with van der Waals surface area (Å²) in [5.74, 6) is 0.0248. The Morgan fingerprint density at radius 1 is 0.789 bits per heavy atom. The van der Waals surface area contributed by atoms with Gasteiger partial charge in [0.25, 0.3) is 0 Å². The van der Waals surface area contributed by atoms with Crippen molar-refractivity contribution in [3.63, 3.8) is 0 Å². The van der Waals surface area contributed by atoms with Crippen molar-refractivity contribution in [3.05, 3.63) is 77.9 Å². The smallest absolute Gasteiger partial charge is 0.193 e. The van der Waals surface area contributed by atoms with Gasteiger partial charge in [0.1, 0.15) is 0 Å². The summed E-state index contributed by atoms with van der Waals surface area (Å²) in [6.07, 6.45) is 0. The number of ketones is 1. The molecule has 0 aliphatic carbocycles. The van der Waals surface area contributed by atoms with Gasteiger partial charge in [-0.05, 0) is 35.0 Å². The van der Waals surface area contributed by atoms with Crippen molar-refractivity contribution in [1.29, 1.82) is 0 Å². The van der Waals surface area contributed by atoms with E-state index in [1.807, 2.05) is 42.5 Å². The maximum absolute atomic E-state index is 12.5. The molecule has 0 bridgehead atoms. The van der Waals surface area contributed by atoms with Crippen LogP contribution in [-0.2, 0) is 0 Å². The first kappa shape index (κ1) is 11.5. The molecule has 3 aromatic carbocycles. The van der Waals surface area contributed by atoms with Crippen LogP contribution < -0.4 is 5.73 Å². The second kappa shape index (κ2) is 4.58. The van der Waals surface area contributed by atoms with Crippen LogP contribution in [0.5, 0.6) is 0 Å². The number of carbonyl (C=O) groups excluding carboxylic acids is 1. The summed E-state index contributed by atoms with van der Waals surface area (Å²) in [5, 5.41) is 2.05. The lowest BCUT2D eigenvalue weighted by Crippen LogP contribution is -2.02. The Labute approximate surface area is 111 Å². The minimum absolute atomic E-state index is 0.0248. The highest BCUT2D eigenvalue weighted by atomic mass is 16.1. The van der Waals surface area contributed by atoms with Crippen molar-refractivity contribution in [2.45, 2.75) is 0 Å². The number of hydrogen-bond donors (Lipinski definition) is 1. The normalized spacial score (nSPS) is 10.5. The zero-order valence-electron chi connectivity index (χ0n) is 10.3. The van der Waals surface area contributed by atoms with Crippen LogP contribution in [-0.4, -0.2) is 5.78 Å². The Kier molecular flexibility index (Phi) is 2.76. The lowest BCUT2D eigenvalue weighted by Gasteiger charge is -2.06. The molecule has 19 heavy (non-hydrogen) atoms. The molecule has 0 atom stereocenters. The molecule has 0 aliphatic rings. The molecule has 0 radical (unpaired) electrons. The maximum Gasteiger partial charge on any atom is 0.193 e. The molecule has 0 aliphatic heterocycles. The summed E-state index contributed by atoms with van der Waals surface area (Å²) < 4.78 is 0. The number of carbonyl (C=O) groups is 1. The van der Waals surface area contributed by atoms with Gasteiger partial charge >= 0.3 is 0 Å². The molecule has 0 heterocycles. The maximum atomic E-state index is 12.5. The van der Waals surface area contributed by atoms with Gasteiger partial charge in [0.05, 0.1) is 0 Å². The van der Waals surface area contributed by atoms with Crippen LogP contribution in [0.3, 0.4) is 0 Å². The van der Waals surface area contributed by atoms with Gasteiger partial charge in [-0.15, -0.1) is 0 Å². The molecule has 2 N–H and O–H groups in total. The fraction of sp³-hybridized carbons (Fsp3) is 0. The Balaban J connectivity index is 2.14. The van der Waals surface area contributed by atoms with E-state index in [-0.39, 0.29) is 5.78 Å². The van der Waals surface area contributed by atoms with Crippen LogP contribution in [0.1, 0.15) is 15.9 Å². The zero-order valence-corrected chi connectivity index (χ0v) is 10.3. The molecule has 0 amide bonds. The average Bonchev–Trinajstić information content (AvgIpc) is 2.47. The van der Waals surface area contributed by atoms with E-state index < -0.39 is 0 Å². The Morgan fingerprint density at radius 3 is 2.26 bits per heavy atom. The highest BCUT2D eigenvalue weighted by Crippen LogP contribution is 2.21. The second-order valence-electron chi connectivity index (χ2n) is 4.48. The number of nitrogens with two attached hydrogens (primary N) is 1. The van der Waals surface area contributed by atoms with E-state index in [2.05, 4.69) is 0 Å². The van der Waals surface area contributed by atoms with Gasteiger partial charge in [-0.1, -0.05) is 42.5 Å². The van der Waals surface area contributed by atoms with E-state index in [0.29, 0.717) is 11.3 Å². The van der Waals surface area contributed by atoms with Gasteiger partial charge < -0.3 is 5.73 Å². The molecule has 0 aromatic heterocycles. The van der Waals surface area contributed by atoms with Crippen LogP contribution >= 0.6 is 0 Å². The summed E-state index contributed by atoms with van der Waals surface area (Å²) in [4.78, 5) is 12.5. The topological polar surface area (TPSA) is 43.1 Å². The Bertz CT molecular complexity index is 739. The SMILES string of the molecule is Nc1ccc(C(=O)c2cccc3ccccc23)cc1. The third-order valence-corrected chi connectivity index (χ3v) is 3.21. The number of hydrogen-bond acceptors (Lipinski definition) is 2. The Hall–Kier alpha value is -2.61. The van der Waals surface area contributed by atoms with E-state index >= 15 is 0 Å². The summed E-state index contributed by atoms with van der Waals surface area (Å²) in [7, 11) is 0. The number of nitrogen functional groups attached to an aromatic ring is 1. The van der Waals surface area contributed by atoms with E-state index in [0.717, 1.165) is 16.3 Å². The van der Waals surface area contributed by atoms with Crippen LogP contribution in [0, 0.1) is 0 Å². The molecule has 3 aromatic rings. The molecular weight excluding hydrogens is 234 g/mol. The van der Waals surface area contributed by atoms with E-state index in [9.17, 15) is 4.79 Å². The van der Waals surface area contributed by atoms with Gasteiger partial charge in [0.2, 0.25) is 0 Å². The number of benzene rings is 3. The molecule has 0 fully saturated rings. The molecule has 0 saturated carbocycles. The molecule has 3 rings (SSSR count). The van der Waals surface area contributed by atoms with Crippen molar-refractivity contribution in [2.75, 3.05) is 5.73 Å². The van der Waals surface area contributed by atoms with Gasteiger partial charge in [0.15, 0.2) is 5.78 Å². The highest BCUT2D eigenvalue weighted by Gasteiger charge is 2.11. The molecule has 92 valence electrons. The van der Waals surface area contributed by atoms with Crippen molar-refractivity contribution in [1.82, 2.24) is 0 Å². The number of rotatable bonds is 2. The molecule has 0 saturated heterocycles. The summed E-state index contributed by atoms with van der Waals surface area (Å²) in [6.45, 7) is 0. The third-order valence-electron chi connectivity index (χ3n) is 3.21. The largest absolute Gasteiger partial charge is 0.399 e. The van der Waals surface area contributed by atoms with Crippen molar-refractivity contribution >= 4 is 22.2 Å². The molecule has 2 heteroatoms. The second-order valence-corrected chi connectivity index (χ2v) is 4.48. The monoisotopic (exact) mass is 247 g/mol. The van der Waals surface area contributed by atoms with Gasteiger partial charge in [-0.25, -0.2) is 0 Å². The molecule has 0 spiro atoms. The van der Waals surface area contributed by atoms with Crippen molar-refractivity contribution < 1.29 is 4.79 Å². The van der Waals surface area contributed by atoms with Crippen LogP contribution in [0.25, 0.3) is 10.8 Å². The quantitative estimate of drug-likeness (QED) is 0.555. The van der Waals surface area contributed by atoms with Crippen LogP contribution in [0.15, 0.2) is 66.7 Å². The molecular formula is C17H13NO. The minimum atomic E-state index is 0.0248. The minimum Gasteiger partial charge on any atom is -0.399 e. The van der Waals surface area contributed by atoms with E-state index in [1.165, 1.54) is 0 Å². The van der Waals surface area contributed by atoms with E-state index in [1.54, 1.807) is 24.3 Å². The van der Waals surface area contributed by atoms with E-state index in [4.69, 9.17) is 5.73 Å². The molecule has 2 nitrogen and oxygen atoms in total. The lowest BCUT2D eigenvalue weighted by atomic mass is 9.97. The van der Waals surface area contributed by atoms with Gasteiger partial charge in [0, 0.05) is 16.8 Å². The predicted octanol–water partition coefficient (Wildman–Crippen LogP) is 3.65. The standard InChI is InChI=1S/C17H13NO/c18-14-10-8-13(9-11-14)17(19)16-7-3-5-12-4-1-2-6-15(12)16/h1-11H,18H2. The highest BCUT2D eigenvalue weighted by molar-refractivity contribution is 6.16. The lowest BCUT2D eigenvalue weighted by molar-refractivity contribution is 0.104. The summed E-state index contributed by atoms with van der Waals surface area (Å²) in [6, 6.07) is 20.7. The fourth-order valence-electron chi connectivity index (χ4n) is 2.21. The van der Waals surface area contributed by atoms with Crippen LogP contribution in [0.4, 0.5) is 5.69 Å². The first-order chi connectivity index (χ1) is 9.25. The van der Waals surface area contributed by atoms with Crippen molar-refractivity contribution in [3.8, 4) is 0 Å². The first-order valence-electron chi connectivity index (χ1n) is 6.14. The molecule has 0 unspecified atom stereocenters. The van der Waals surface area contributed by atoms with Gasteiger partial charge in [-0.3, -0.25) is 4.79 Å². The summed E-state index contributed by atoms with van der Waals surface area (Å²) >= 11 is 0. The Morgan fingerprint density at radius 2 is 1.47 bits per heavy atom. The zero-order chi connectivity index (χ0) is 13.2.